The maximum atomic E-state index is 11.3. The highest BCUT2D eigenvalue weighted by Crippen LogP contribution is 2.34. The van der Waals surface area contributed by atoms with E-state index in [1.807, 2.05) is 0 Å². The SMILES string of the molecule is O=C1CC(OC2CO[C@H]3OCC[C@@H]23)C(=O)N1. The third kappa shape index (κ3) is 1.63. The Labute approximate surface area is 92.2 Å². The molecule has 6 heteroatoms. The van der Waals surface area contributed by atoms with Crippen LogP contribution in [0.15, 0.2) is 0 Å². The number of carbonyl (C=O) groups is 2. The van der Waals surface area contributed by atoms with E-state index in [1.54, 1.807) is 0 Å². The number of rotatable bonds is 2. The van der Waals surface area contributed by atoms with Gasteiger partial charge in [0.25, 0.3) is 5.91 Å². The van der Waals surface area contributed by atoms with Crippen LogP contribution in [0.5, 0.6) is 0 Å². The highest BCUT2D eigenvalue weighted by molar-refractivity contribution is 6.04. The number of carbonyl (C=O) groups excluding carboxylic acids is 2. The lowest BCUT2D eigenvalue weighted by atomic mass is 10.0. The Kier molecular flexibility index (Phi) is 2.42. The third-order valence-corrected chi connectivity index (χ3v) is 3.25. The first kappa shape index (κ1) is 10.2. The Hall–Kier alpha value is -0.980. The summed E-state index contributed by atoms with van der Waals surface area (Å²) in [6.45, 7) is 1.11. The Bertz CT molecular complexity index is 331. The van der Waals surface area contributed by atoms with Crippen molar-refractivity contribution in [1.29, 1.82) is 0 Å². The first-order chi connectivity index (χ1) is 7.74. The first-order valence-corrected chi connectivity index (χ1v) is 5.46. The normalized spacial score (nSPS) is 42.5. The minimum atomic E-state index is -0.652. The van der Waals surface area contributed by atoms with Crippen LogP contribution in [0.2, 0.25) is 0 Å². The molecule has 4 atom stereocenters. The molecule has 0 bridgehead atoms. The molecule has 3 heterocycles. The zero-order valence-corrected chi connectivity index (χ0v) is 8.68. The largest absolute Gasteiger partial charge is 0.362 e. The van der Waals surface area contributed by atoms with Crippen LogP contribution < -0.4 is 5.32 Å². The van der Waals surface area contributed by atoms with Gasteiger partial charge in [-0.2, -0.15) is 0 Å². The van der Waals surface area contributed by atoms with Gasteiger partial charge in [0.1, 0.15) is 6.10 Å². The van der Waals surface area contributed by atoms with Crippen molar-refractivity contribution in [2.45, 2.75) is 31.3 Å². The van der Waals surface area contributed by atoms with Gasteiger partial charge in [-0.15, -0.1) is 0 Å². The standard InChI is InChI=1S/C10H13NO5/c12-8-3-6(9(13)11-8)16-7-4-15-10-5(7)1-2-14-10/h5-7,10H,1-4H2,(H,11,12,13)/t5-,6?,7?,10+/m0/s1. The second-order valence-corrected chi connectivity index (χ2v) is 4.30. The molecule has 3 rings (SSSR count). The van der Waals surface area contributed by atoms with Crippen molar-refractivity contribution in [2.24, 2.45) is 5.92 Å². The number of imide groups is 1. The van der Waals surface area contributed by atoms with Crippen molar-refractivity contribution < 1.29 is 23.8 Å². The van der Waals surface area contributed by atoms with Crippen LogP contribution in [0.25, 0.3) is 0 Å². The Morgan fingerprint density at radius 3 is 2.94 bits per heavy atom. The Morgan fingerprint density at radius 2 is 2.19 bits per heavy atom. The van der Waals surface area contributed by atoms with Gasteiger partial charge in [0, 0.05) is 5.92 Å². The van der Waals surface area contributed by atoms with E-state index in [-0.39, 0.29) is 36.5 Å². The minimum absolute atomic E-state index is 0.119. The molecule has 0 aromatic rings. The van der Waals surface area contributed by atoms with Gasteiger partial charge in [0.05, 0.1) is 25.7 Å². The summed E-state index contributed by atoms with van der Waals surface area (Å²) in [6.07, 6.45) is 0.0327. The van der Waals surface area contributed by atoms with Gasteiger partial charge < -0.3 is 14.2 Å². The molecule has 88 valence electrons. The molecule has 0 aromatic carbocycles. The van der Waals surface area contributed by atoms with Crippen molar-refractivity contribution in [2.75, 3.05) is 13.2 Å². The fourth-order valence-electron chi connectivity index (χ4n) is 2.42. The van der Waals surface area contributed by atoms with Crippen LogP contribution in [0, 0.1) is 5.92 Å². The van der Waals surface area contributed by atoms with Crippen molar-refractivity contribution in [1.82, 2.24) is 5.32 Å². The van der Waals surface area contributed by atoms with Crippen LogP contribution in [0.3, 0.4) is 0 Å². The number of hydrogen-bond acceptors (Lipinski definition) is 5. The van der Waals surface area contributed by atoms with E-state index in [1.165, 1.54) is 0 Å². The molecule has 3 aliphatic heterocycles. The van der Waals surface area contributed by atoms with Crippen molar-refractivity contribution in [3.63, 3.8) is 0 Å². The first-order valence-electron chi connectivity index (χ1n) is 5.46. The maximum Gasteiger partial charge on any atom is 0.256 e. The van der Waals surface area contributed by atoms with E-state index >= 15 is 0 Å². The predicted octanol–water partition coefficient (Wildman–Crippen LogP) is -0.820. The molecule has 3 fully saturated rings. The second-order valence-electron chi connectivity index (χ2n) is 4.30. The quantitative estimate of drug-likeness (QED) is 0.624. The molecule has 0 aromatic heterocycles. The Balaban J connectivity index is 1.62. The number of hydrogen-bond donors (Lipinski definition) is 1. The monoisotopic (exact) mass is 227 g/mol. The summed E-state index contributed by atoms with van der Waals surface area (Å²) in [7, 11) is 0. The lowest BCUT2D eigenvalue weighted by Crippen LogP contribution is -2.33. The second kappa shape index (κ2) is 3.80. The number of nitrogens with one attached hydrogen (secondary N) is 1. The number of amides is 2. The third-order valence-electron chi connectivity index (χ3n) is 3.25. The van der Waals surface area contributed by atoms with Gasteiger partial charge in [-0.1, -0.05) is 0 Å². The van der Waals surface area contributed by atoms with Crippen LogP contribution in [0.4, 0.5) is 0 Å². The average molecular weight is 227 g/mol. The lowest BCUT2D eigenvalue weighted by Gasteiger charge is -2.18. The molecule has 3 saturated heterocycles. The Morgan fingerprint density at radius 1 is 1.31 bits per heavy atom. The van der Waals surface area contributed by atoms with Gasteiger partial charge in [0.2, 0.25) is 5.91 Å². The van der Waals surface area contributed by atoms with Crippen molar-refractivity contribution in [3.8, 4) is 0 Å². The molecule has 0 aliphatic carbocycles. The molecule has 2 unspecified atom stereocenters. The van der Waals surface area contributed by atoms with Gasteiger partial charge in [-0.3, -0.25) is 14.9 Å². The molecule has 0 spiro atoms. The molecule has 3 aliphatic rings. The van der Waals surface area contributed by atoms with E-state index in [9.17, 15) is 9.59 Å². The fourth-order valence-corrected chi connectivity index (χ4v) is 2.42. The van der Waals surface area contributed by atoms with Crippen LogP contribution in [-0.2, 0) is 23.8 Å². The summed E-state index contributed by atoms with van der Waals surface area (Å²) in [6, 6.07) is 0. The minimum Gasteiger partial charge on any atom is -0.362 e. The van der Waals surface area contributed by atoms with Crippen LogP contribution in [0.1, 0.15) is 12.8 Å². The molecule has 1 N–H and O–H groups in total. The summed E-state index contributed by atoms with van der Waals surface area (Å²) in [5, 5.41) is 2.23. The predicted molar refractivity (Wildman–Crippen MR) is 50.2 cm³/mol. The van der Waals surface area contributed by atoms with Gasteiger partial charge >= 0.3 is 0 Å². The van der Waals surface area contributed by atoms with E-state index in [0.717, 1.165) is 6.42 Å². The molecule has 2 amide bonds. The van der Waals surface area contributed by atoms with E-state index in [2.05, 4.69) is 5.32 Å². The summed E-state index contributed by atoms with van der Waals surface area (Å²) in [5.41, 5.74) is 0. The molecular formula is C10H13NO5. The van der Waals surface area contributed by atoms with Gasteiger partial charge in [-0.25, -0.2) is 0 Å². The van der Waals surface area contributed by atoms with E-state index in [0.29, 0.717) is 13.2 Å². The summed E-state index contributed by atoms with van der Waals surface area (Å²) in [5.74, 6) is -0.413. The topological polar surface area (TPSA) is 73.9 Å². The fraction of sp³-hybridized carbons (Fsp3) is 0.800. The van der Waals surface area contributed by atoms with Crippen LogP contribution >= 0.6 is 0 Å². The van der Waals surface area contributed by atoms with Crippen LogP contribution in [-0.4, -0.2) is 43.5 Å². The van der Waals surface area contributed by atoms with Gasteiger partial charge in [-0.05, 0) is 6.42 Å². The van der Waals surface area contributed by atoms with Crippen molar-refractivity contribution in [3.05, 3.63) is 0 Å². The smallest absolute Gasteiger partial charge is 0.256 e. The van der Waals surface area contributed by atoms with Crippen molar-refractivity contribution >= 4 is 11.8 Å². The number of ether oxygens (including phenoxy) is 3. The average Bonchev–Trinajstić information content (AvgIpc) is 2.86. The molecular weight excluding hydrogens is 214 g/mol. The summed E-state index contributed by atoms with van der Waals surface area (Å²) >= 11 is 0. The van der Waals surface area contributed by atoms with E-state index < -0.39 is 6.10 Å². The highest BCUT2D eigenvalue weighted by atomic mass is 16.7. The molecule has 16 heavy (non-hydrogen) atoms. The molecule has 6 nitrogen and oxygen atoms in total. The molecule has 0 radical (unpaired) electrons. The highest BCUT2D eigenvalue weighted by Gasteiger charge is 2.45. The van der Waals surface area contributed by atoms with Gasteiger partial charge in [0.15, 0.2) is 6.29 Å². The molecule has 0 saturated carbocycles. The summed E-state index contributed by atoms with van der Waals surface area (Å²) < 4.78 is 16.4. The van der Waals surface area contributed by atoms with E-state index in [4.69, 9.17) is 14.2 Å². The lowest BCUT2D eigenvalue weighted by molar-refractivity contribution is -0.133. The zero-order valence-electron chi connectivity index (χ0n) is 8.68. The zero-order chi connectivity index (χ0) is 11.1. The summed E-state index contributed by atoms with van der Waals surface area (Å²) in [4.78, 5) is 22.3. The number of fused-ring (bicyclic) bond motifs is 1. The maximum absolute atomic E-state index is 11.3.